The second kappa shape index (κ2) is 3.59. The van der Waals surface area contributed by atoms with Gasteiger partial charge in [0.25, 0.3) is 0 Å². The molecule has 0 radical (unpaired) electrons. The van der Waals surface area contributed by atoms with Crippen molar-refractivity contribution >= 4 is 5.69 Å². The Labute approximate surface area is 72.5 Å². The summed E-state index contributed by atoms with van der Waals surface area (Å²) in [4.78, 5) is 0. The highest BCUT2D eigenvalue weighted by atomic mass is 16.5. The number of para-hydroxylation sites is 1. The zero-order valence-electron chi connectivity index (χ0n) is 6.99. The van der Waals surface area contributed by atoms with Crippen LogP contribution in [0.15, 0.2) is 30.3 Å². The lowest BCUT2D eigenvalue weighted by molar-refractivity contribution is 0.195. The van der Waals surface area contributed by atoms with E-state index in [1.165, 1.54) is 5.69 Å². The van der Waals surface area contributed by atoms with E-state index in [0.29, 0.717) is 6.04 Å². The molecule has 2 rings (SSSR count). The van der Waals surface area contributed by atoms with Crippen molar-refractivity contribution in [1.29, 1.82) is 0 Å². The smallest absolute Gasteiger partial charge is 0.0668 e. The zero-order chi connectivity index (χ0) is 8.23. The van der Waals surface area contributed by atoms with Gasteiger partial charge in [0.05, 0.1) is 12.6 Å². The van der Waals surface area contributed by atoms with Gasteiger partial charge in [-0.2, -0.15) is 0 Å². The van der Waals surface area contributed by atoms with E-state index in [9.17, 15) is 0 Å². The summed E-state index contributed by atoms with van der Waals surface area (Å²) in [5.41, 5.74) is 1.19. The Balaban J connectivity index is 1.94. The Bertz CT molecular complexity index is 229. The summed E-state index contributed by atoms with van der Waals surface area (Å²) in [7, 11) is 0. The number of nitrogens with one attached hydrogen (secondary N) is 1. The lowest BCUT2D eigenvalue weighted by Crippen LogP contribution is -2.18. The molecule has 0 aromatic heterocycles. The van der Waals surface area contributed by atoms with Crippen LogP contribution in [0.1, 0.15) is 6.42 Å². The van der Waals surface area contributed by atoms with Gasteiger partial charge in [-0.05, 0) is 18.6 Å². The number of hydrogen-bond donors (Lipinski definition) is 1. The van der Waals surface area contributed by atoms with Crippen LogP contribution in [-0.4, -0.2) is 19.3 Å². The van der Waals surface area contributed by atoms with E-state index in [0.717, 1.165) is 19.6 Å². The molecule has 1 aliphatic heterocycles. The molecule has 0 unspecified atom stereocenters. The predicted molar refractivity (Wildman–Crippen MR) is 49.3 cm³/mol. The molecular weight excluding hydrogens is 150 g/mol. The fourth-order valence-electron chi connectivity index (χ4n) is 1.42. The Hall–Kier alpha value is -1.02. The van der Waals surface area contributed by atoms with Crippen LogP contribution in [0.2, 0.25) is 0 Å². The standard InChI is InChI=1S/C10H13NO/c1-2-4-9(5-3-1)11-10-6-7-12-8-10/h1-5,10-11H,6-8H2/t10-/m0/s1. The molecule has 2 heteroatoms. The maximum atomic E-state index is 5.27. The first-order valence-electron chi connectivity index (χ1n) is 4.34. The summed E-state index contributed by atoms with van der Waals surface area (Å²) in [6.45, 7) is 1.74. The molecule has 2 nitrogen and oxygen atoms in total. The number of hydrogen-bond acceptors (Lipinski definition) is 2. The molecule has 0 saturated carbocycles. The highest BCUT2D eigenvalue weighted by Crippen LogP contribution is 2.12. The molecule has 0 spiro atoms. The van der Waals surface area contributed by atoms with Gasteiger partial charge < -0.3 is 10.1 Å². The van der Waals surface area contributed by atoms with Gasteiger partial charge in [-0.25, -0.2) is 0 Å². The van der Waals surface area contributed by atoms with Crippen molar-refractivity contribution in [3.8, 4) is 0 Å². The van der Waals surface area contributed by atoms with Crippen LogP contribution in [0.5, 0.6) is 0 Å². The Morgan fingerprint density at radius 2 is 2.08 bits per heavy atom. The molecule has 1 aromatic rings. The minimum absolute atomic E-state index is 0.507. The van der Waals surface area contributed by atoms with E-state index in [2.05, 4.69) is 17.4 Å². The fraction of sp³-hybridized carbons (Fsp3) is 0.400. The third-order valence-electron chi connectivity index (χ3n) is 2.07. The first-order chi connectivity index (χ1) is 5.95. The number of anilines is 1. The lowest BCUT2D eigenvalue weighted by Gasteiger charge is -2.11. The average Bonchev–Trinajstić information content (AvgIpc) is 2.59. The minimum Gasteiger partial charge on any atom is -0.380 e. The van der Waals surface area contributed by atoms with E-state index in [4.69, 9.17) is 4.74 Å². The van der Waals surface area contributed by atoms with Crippen molar-refractivity contribution in [2.24, 2.45) is 0 Å². The van der Waals surface area contributed by atoms with Crippen LogP contribution >= 0.6 is 0 Å². The molecule has 1 aromatic carbocycles. The Morgan fingerprint density at radius 1 is 1.25 bits per heavy atom. The van der Waals surface area contributed by atoms with Gasteiger partial charge in [-0.3, -0.25) is 0 Å². The molecule has 0 aliphatic carbocycles. The maximum absolute atomic E-state index is 5.27. The van der Waals surface area contributed by atoms with Crippen molar-refractivity contribution in [3.63, 3.8) is 0 Å². The van der Waals surface area contributed by atoms with Crippen molar-refractivity contribution < 1.29 is 4.74 Å². The molecule has 1 aliphatic rings. The second-order valence-corrected chi connectivity index (χ2v) is 3.07. The molecular formula is C10H13NO. The largest absolute Gasteiger partial charge is 0.380 e. The molecule has 0 bridgehead atoms. The summed E-state index contributed by atoms with van der Waals surface area (Å²) in [5, 5.41) is 3.42. The molecule has 0 amide bonds. The van der Waals surface area contributed by atoms with Gasteiger partial charge in [-0.15, -0.1) is 0 Å². The van der Waals surface area contributed by atoms with Gasteiger partial charge >= 0.3 is 0 Å². The van der Waals surface area contributed by atoms with Crippen molar-refractivity contribution in [3.05, 3.63) is 30.3 Å². The summed E-state index contributed by atoms with van der Waals surface area (Å²) in [5.74, 6) is 0. The topological polar surface area (TPSA) is 21.3 Å². The van der Waals surface area contributed by atoms with Crippen LogP contribution in [0.4, 0.5) is 5.69 Å². The van der Waals surface area contributed by atoms with Crippen molar-refractivity contribution in [2.45, 2.75) is 12.5 Å². The third kappa shape index (κ3) is 1.77. The minimum atomic E-state index is 0.507. The first kappa shape index (κ1) is 7.62. The Kier molecular flexibility index (Phi) is 2.28. The van der Waals surface area contributed by atoms with Crippen molar-refractivity contribution in [1.82, 2.24) is 0 Å². The van der Waals surface area contributed by atoms with Gasteiger partial charge in [0.15, 0.2) is 0 Å². The number of ether oxygens (including phenoxy) is 1. The fourth-order valence-corrected chi connectivity index (χ4v) is 1.42. The van der Waals surface area contributed by atoms with Gasteiger partial charge in [0.2, 0.25) is 0 Å². The van der Waals surface area contributed by atoms with E-state index >= 15 is 0 Å². The summed E-state index contributed by atoms with van der Waals surface area (Å²) < 4.78 is 5.27. The van der Waals surface area contributed by atoms with E-state index in [-0.39, 0.29) is 0 Å². The van der Waals surface area contributed by atoms with E-state index in [1.54, 1.807) is 0 Å². The molecule has 64 valence electrons. The van der Waals surface area contributed by atoms with Gasteiger partial charge in [0, 0.05) is 12.3 Å². The van der Waals surface area contributed by atoms with Gasteiger partial charge in [0.1, 0.15) is 0 Å². The SMILES string of the molecule is c1ccc(N[C@H]2CCOC2)cc1. The second-order valence-electron chi connectivity index (χ2n) is 3.07. The molecule has 1 heterocycles. The van der Waals surface area contributed by atoms with Crippen molar-refractivity contribution in [2.75, 3.05) is 18.5 Å². The highest BCUT2D eigenvalue weighted by Gasteiger charge is 2.14. The molecule has 12 heavy (non-hydrogen) atoms. The molecule has 1 N–H and O–H groups in total. The highest BCUT2D eigenvalue weighted by molar-refractivity contribution is 5.43. The molecule has 1 fully saturated rings. The average molecular weight is 163 g/mol. The molecule has 1 atom stereocenters. The maximum Gasteiger partial charge on any atom is 0.0668 e. The number of rotatable bonds is 2. The summed E-state index contributed by atoms with van der Waals surface area (Å²) in [6.07, 6.45) is 1.12. The first-order valence-corrected chi connectivity index (χ1v) is 4.34. The van der Waals surface area contributed by atoms with Crippen LogP contribution in [0, 0.1) is 0 Å². The van der Waals surface area contributed by atoms with Crippen LogP contribution in [-0.2, 0) is 4.74 Å². The summed E-state index contributed by atoms with van der Waals surface area (Å²) >= 11 is 0. The quantitative estimate of drug-likeness (QED) is 0.718. The summed E-state index contributed by atoms with van der Waals surface area (Å²) in [6, 6.07) is 10.8. The molecule has 1 saturated heterocycles. The predicted octanol–water partition coefficient (Wildman–Crippen LogP) is 1.89. The van der Waals surface area contributed by atoms with Crippen LogP contribution in [0.25, 0.3) is 0 Å². The van der Waals surface area contributed by atoms with Crippen LogP contribution in [0.3, 0.4) is 0 Å². The zero-order valence-corrected chi connectivity index (χ0v) is 6.99. The van der Waals surface area contributed by atoms with E-state index < -0.39 is 0 Å². The monoisotopic (exact) mass is 163 g/mol. The number of benzene rings is 1. The normalized spacial score (nSPS) is 22.5. The Morgan fingerprint density at radius 3 is 2.75 bits per heavy atom. The van der Waals surface area contributed by atoms with Gasteiger partial charge in [-0.1, -0.05) is 18.2 Å². The lowest BCUT2D eigenvalue weighted by atomic mass is 10.2. The third-order valence-corrected chi connectivity index (χ3v) is 2.07. The van der Waals surface area contributed by atoms with E-state index in [1.807, 2.05) is 18.2 Å². The van der Waals surface area contributed by atoms with Crippen LogP contribution < -0.4 is 5.32 Å².